The van der Waals surface area contributed by atoms with E-state index in [4.69, 9.17) is 27.9 Å². The lowest BCUT2D eigenvalue weighted by atomic mass is 9.64. The molecule has 1 amide bonds. The van der Waals surface area contributed by atoms with Crippen LogP contribution in [0.4, 0.5) is 9.18 Å². The molecule has 1 heterocycles. The van der Waals surface area contributed by atoms with Gasteiger partial charge in [-0.15, -0.1) is 0 Å². The zero-order valence-electron chi connectivity index (χ0n) is 21.0. The summed E-state index contributed by atoms with van der Waals surface area (Å²) >= 11 is 12.3. The first-order chi connectivity index (χ1) is 16.7. The molecule has 0 spiro atoms. The maximum Gasteiger partial charge on any atom is 0.409 e. The first kappa shape index (κ1) is 28.2. The van der Waals surface area contributed by atoms with Gasteiger partial charge < -0.3 is 15.2 Å². The van der Waals surface area contributed by atoms with Gasteiger partial charge in [0.05, 0.1) is 29.2 Å². The SMILES string of the molecule is CC(C)(C)C[C@@H]1N[C@H](OC(=O)NC(C)(C)CO)[C@H](c2cccc(Cl)c2F)[C@@]1(C#N)c1ccc(Cl)cc1. The number of alkyl carbamates (subject to hydrolysis) is 1. The molecule has 1 fully saturated rings. The number of amides is 1. The van der Waals surface area contributed by atoms with Crippen molar-refractivity contribution in [2.45, 2.75) is 70.2 Å². The topological polar surface area (TPSA) is 94.4 Å². The molecule has 1 aliphatic rings. The van der Waals surface area contributed by atoms with Crippen LogP contribution in [0.3, 0.4) is 0 Å². The average molecular weight is 536 g/mol. The fourth-order valence-electron chi connectivity index (χ4n) is 4.76. The molecule has 9 heteroatoms. The van der Waals surface area contributed by atoms with E-state index in [-0.39, 0.29) is 22.6 Å². The van der Waals surface area contributed by atoms with Crippen LogP contribution in [0.15, 0.2) is 42.5 Å². The second-order valence-corrected chi connectivity index (χ2v) is 11.9. The van der Waals surface area contributed by atoms with Gasteiger partial charge in [0.2, 0.25) is 0 Å². The Bertz CT molecular complexity index is 1140. The average Bonchev–Trinajstić information content (AvgIpc) is 3.07. The first-order valence-corrected chi connectivity index (χ1v) is 12.5. The van der Waals surface area contributed by atoms with Crippen LogP contribution in [0.5, 0.6) is 0 Å². The van der Waals surface area contributed by atoms with E-state index in [9.17, 15) is 15.2 Å². The van der Waals surface area contributed by atoms with Crippen LogP contribution in [0.1, 0.15) is 58.1 Å². The quantitative estimate of drug-likeness (QED) is 0.427. The van der Waals surface area contributed by atoms with E-state index in [0.717, 1.165) is 0 Å². The number of benzene rings is 2. The molecule has 1 aliphatic heterocycles. The van der Waals surface area contributed by atoms with Crippen molar-refractivity contribution in [3.63, 3.8) is 0 Å². The van der Waals surface area contributed by atoms with Crippen LogP contribution in [0, 0.1) is 22.6 Å². The zero-order chi connectivity index (χ0) is 26.9. The van der Waals surface area contributed by atoms with Crippen molar-refractivity contribution >= 4 is 29.3 Å². The van der Waals surface area contributed by atoms with Crippen molar-refractivity contribution < 1.29 is 19.0 Å². The summed E-state index contributed by atoms with van der Waals surface area (Å²) < 4.78 is 21.3. The number of ether oxygens (including phenoxy) is 1. The molecule has 3 N–H and O–H groups in total. The smallest absolute Gasteiger partial charge is 0.409 e. The predicted molar refractivity (Wildman–Crippen MR) is 138 cm³/mol. The number of carbonyl (C=O) groups excluding carboxylic acids is 1. The van der Waals surface area contributed by atoms with Crippen molar-refractivity contribution in [1.82, 2.24) is 10.6 Å². The number of nitrogens with one attached hydrogen (secondary N) is 2. The number of carbonyl (C=O) groups is 1. The zero-order valence-corrected chi connectivity index (χ0v) is 22.5. The van der Waals surface area contributed by atoms with Gasteiger partial charge in [-0.3, -0.25) is 5.32 Å². The predicted octanol–water partition coefficient (Wildman–Crippen LogP) is 5.91. The van der Waals surface area contributed by atoms with Crippen molar-refractivity contribution in [2.24, 2.45) is 5.41 Å². The van der Waals surface area contributed by atoms with Crippen molar-refractivity contribution in [3.8, 4) is 6.07 Å². The molecular weight excluding hydrogens is 504 g/mol. The second kappa shape index (κ2) is 10.5. The van der Waals surface area contributed by atoms with E-state index in [0.29, 0.717) is 17.0 Å². The van der Waals surface area contributed by atoms with Crippen LogP contribution in [0.2, 0.25) is 10.0 Å². The summed E-state index contributed by atoms with van der Waals surface area (Å²) in [6, 6.07) is 13.4. The van der Waals surface area contributed by atoms with E-state index >= 15 is 4.39 Å². The molecule has 0 saturated carbocycles. The largest absolute Gasteiger partial charge is 0.430 e. The highest BCUT2D eigenvalue weighted by Gasteiger charge is 2.60. The number of hydrogen-bond acceptors (Lipinski definition) is 5. The Morgan fingerprint density at radius 1 is 1.19 bits per heavy atom. The first-order valence-electron chi connectivity index (χ1n) is 11.7. The highest BCUT2D eigenvalue weighted by atomic mass is 35.5. The Labute approximate surface area is 221 Å². The number of rotatable bonds is 6. The molecule has 0 aromatic heterocycles. The van der Waals surface area contributed by atoms with Gasteiger partial charge in [-0.25, -0.2) is 9.18 Å². The minimum Gasteiger partial charge on any atom is -0.430 e. The molecule has 0 unspecified atom stereocenters. The monoisotopic (exact) mass is 535 g/mol. The standard InChI is InChI=1S/C27H32Cl2FN3O3/c1-25(2,3)13-20-27(14-31,16-9-11-17(28)12-10-16)21(18-7-6-8-19(29)22(18)30)23(32-20)36-24(35)33-26(4,5)15-34/h6-12,20-21,23,32,34H,13,15H2,1-5H3,(H,33,35)/t20-,21-,23+,27-/m0/s1. The molecule has 6 nitrogen and oxygen atoms in total. The summed E-state index contributed by atoms with van der Waals surface area (Å²) in [5, 5.41) is 26.7. The summed E-state index contributed by atoms with van der Waals surface area (Å²) in [6.07, 6.45) is -1.36. The minimum absolute atomic E-state index is 0.0978. The Kier molecular flexibility index (Phi) is 8.26. The summed E-state index contributed by atoms with van der Waals surface area (Å²) in [6.45, 7) is 9.08. The third kappa shape index (κ3) is 5.78. The number of nitrogens with zero attached hydrogens (tertiary/aromatic N) is 1. The normalized spacial score (nSPS) is 24.3. The van der Waals surface area contributed by atoms with E-state index in [2.05, 4.69) is 16.7 Å². The Morgan fingerprint density at radius 3 is 2.39 bits per heavy atom. The number of nitriles is 1. The highest BCUT2D eigenvalue weighted by Crippen LogP contribution is 2.52. The van der Waals surface area contributed by atoms with Crippen LogP contribution >= 0.6 is 23.2 Å². The lowest BCUT2D eigenvalue weighted by Gasteiger charge is -2.37. The van der Waals surface area contributed by atoms with E-state index < -0.39 is 41.1 Å². The number of hydrogen-bond donors (Lipinski definition) is 3. The molecule has 2 aromatic carbocycles. The van der Waals surface area contributed by atoms with Crippen LogP contribution in [-0.2, 0) is 10.2 Å². The lowest BCUT2D eigenvalue weighted by molar-refractivity contribution is 0.0625. The molecule has 0 bridgehead atoms. The van der Waals surface area contributed by atoms with Crippen LogP contribution in [0.25, 0.3) is 0 Å². The molecular formula is C27H32Cl2FN3O3. The lowest BCUT2D eigenvalue weighted by Crippen LogP contribution is -2.49. The third-order valence-corrected chi connectivity index (χ3v) is 6.96. The Balaban J connectivity index is 2.22. The van der Waals surface area contributed by atoms with E-state index in [1.807, 2.05) is 20.8 Å². The van der Waals surface area contributed by atoms with Crippen LogP contribution < -0.4 is 10.6 Å². The van der Waals surface area contributed by atoms with Gasteiger partial charge >= 0.3 is 6.09 Å². The summed E-state index contributed by atoms with van der Waals surface area (Å²) in [7, 11) is 0. The van der Waals surface area contributed by atoms with Gasteiger partial charge in [-0.1, -0.05) is 68.2 Å². The summed E-state index contributed by atoms with van der Waals surface area (Å²) in [5.74, 6) is -1.63. The van der Waals surface area contributed by atoms with Gasteiger partial charge in [0.1, 0.15) is 11.2 Å². The molecule has 194 valence electrons. The Hall–Kier alpha value is -2.37. The summed E-state index contributed by atoms with van der Waals surface area (Å²) in [4.78, 5) is 12.9. The molecule has 4 atom stereocenters. The molecule has 0 radical (unpaired) electrons. The van der Waals surface area contributed by atoms with Crippen LogP contribution in [-0.4, -0.2) is 35.6 Å². The maximum absolute atomic E-state index is 15.5. The van der Waals surface area contributed by atoms with Gasteiger partial charge in [0.15, 0.2) is 6.23 Å². The number of aliphatic hydroxyl groups is 1. The fraction of sp³-hybridized carbons (Fsp3) is 0.481. The Morgan fingerprint density at radius 2 is 1.83 bits per heavy atom. The number of aliphatic hydroxyl groups excluding tert-OH is 1. The van der Waals surface area contributed by atoms with Crippen molar-refractivity contribution in [2.75, 3.05) is 6.61 Å². The molecule has 0 aliphatic carbocycles. The van der Waals surface area contributed by atoms with Gasteiger partial charge in [-0.2, -0.15) is 5.26 Å². The molecule has 36 heavy (non-hydrogen) atoms. The van der Waals surface area contributed by atoms with Gasteiger partial charge in [0, 0.05) is 11.1 Å². The second-order valence-electron chi connectivity index (χ2n) is 11.1. The maximum atomic E-state index is 15.5. The molecule has 3 rings (SSSR count). The van der Waals surface area contributed by atoms with E-state index in [1.54, 1.807) is 50.2 Å². The number of halogens is 3. The van der Waals surface area contributed by atoms with Crippen molar-refractivity contribution in [1.29, 1.82) is 5.26 Å². The fourth-order valence-corrected chi connectivity index (χ4v) is 5.07. The third-order valence-electron chi connectivity index (χ3n) is 6.42. The van der Waals surface area contributed by atoms with E-state index in [1.165, 1.54) is 6.07 Å². The summed E-state index contributed by atoms with van der Waals surface area (Å²) in [5.41, 5.74) is -1.73. The minimum atomic E-state index is -1.33. The molecule has 1 saturated heterocycles. The van der Waals surface area contributed by atoms with Gasteiger partial charge in [-0.05, 0) is 55.0 Å². The molecule has 2 aromatic rings. The van der Waals surface area contributed by atoms with Gasteiger partial charge in [0.25, 0.3) is 0 Å². The van der Waals surface area contributed by atoms with Crippen molar-refractivity contribution in [3.05, 3.63) is 69.5 Å². The highest BCUT2D eigenvalue weighted by molar-refractivity contribution is 6.31.